The van der Waals surface area contributed by atoms with Gasteiger partial charge >= 0.3 is 11.9 Å². The zero-order valence-corrected chi connectivity index (χ0v) is 19.6. The molecule has 3 aliphatic rings. The molecule has 2 aliphatic heterocycles. The zero-order valence-electron chi connectivity index (χ0n) is 19.6. The molecule has 7 nitrogen and oxygen atoms in total. The quantitative estimate of drug-likeness (QED) is 0.500. The van der Waals surface area contributed by atoms with Crippen LogP contribution in [0.3, 0.4) is 0 Å². The van der Waals surface area contributed by atoms with Crippen LogP contribution in [0.5, 0.6) is 0 Å². The maximum absolute atomic E-state index is 13.4. The van der Waals surface area contributed by atoms with Gasteiger partial charge in [-0.2, -0.15) is 0 Å². The van der Waals surface area contributed by atoms with Crippen molar-refractivity contribution in [3.63, 3.8) is 0 Å². The molecule has 1 aliphatic carbocycles. The summed E-state index contributed by atoms with van der Waals surface area (Å²) in [5, 5.41) is 0. The molecule has 0 radical (unpaired) electrons. The Morgan fingerprint density at radius 2 is 2.00 bits per heavy atom. The van der Waals surface area contributed by atoms with Crippen LogP contribution in [-0.4, -0.2) is 35.5 Å². The standard InChI is InChI=1S/C25H34O7/c1-14(2)10-21(26)30-19-11-15(3)17-12-18(16-7-9-29-13-16)31-23(28)25(17)20(32-25)6-8-24(4,5)22(19)27/h7,9,13-15,17-20H,6,8,10-12H2,1-5H3. The molecule has 3 heterocycles. The monoisotopic (exact) mass is 446 g/mol. The van der Waals surface area contributed by atoms with E-state index in [-0.39, 0.29) is 48.0 Å². The van der Waals surface area contributed by atoms with Gasteiger partial charge in [0.05, 0.1) is 18.6 Å². The highest BCUT2D eigenvalue weighted by molar-refractivity contribution is 5.90. The molecular weight excluding hydrogens is 412 g/mol. The summed E-state index contributed by atoms with van der Waals surface area (Å²) in [6.45, 7) is 9.67. The molecular formula is C25H34O7. The molecule has 7 heteroatoms. The van der Waals surface area contributed by atoms with Crippen LogP contribution in [0, 0.1) is 23.2 Å². The van der Waals surface area contributed by atoms with E-state index in [0.29, 0.717) is 25.7 Å². The van der Waals surface area contributed by atoms with E-state index >= 15 is 0 Å². The van der Waals surface area contributed by atoms with E-state index in [1.54, 1.807) is 18.6 Å². The van der Waals surface area contributed by atoms with Gasteiger partial charge in [-0.1, -0.05) is 34.6 Å². The number of carbonyl (C=O) groups is 3. The molecule has 3 fully saturated rings. The van der Waals surface area contributed by atoms with Crippen molar-refractivity contribution in [2.45, 2.75) is 90.6 Å². The molecule has 6 atom stereocenters. The second-order valence-electron chi connectivity index (χ2n) is 10.8. The predicted molar refractivity (Wildman–Crippen MR) is 114 cm³/mol. The molecule has 1 aromatic rings. The molecule has 176 valence electrons. The number of epoxide rings is 1. The van der Waals surface area contributed by atoms with Gasteiger partial charge in [0, 0.05) is 23.3 Å². The van der Waals surface area contributed by atoms with Crippen molar-refractivity contribution in [1.29, 1.82) is 0 Å². The van der Waals surface area contributed by atoms with Crippen LogP contribution in [0.2, 0.25) is 0 Å². The zero-order chi connectivity index (χ0) is 23.3. The second kappa shape index (κ2) is 8.32. The average molecular weight is 447 g/mol. The maximum Gasteiger partial charge on any atom is 0.342 e. The van der Waals surface area contributed by atoms with Gasteiger partial charge in [-0.3, -0.25) is 9.59 Å². The number of hydrogen-bond donors (Lipinski definition) is 0. The SMILES string of the molecule is CC(C)CC(=O)OC1CC(C)C2CC(c3ccoc3)OC(=O)C23OC3CCC(C)(C)C1=O. The van der Waals surface area contributed by atoms with Crippen molar-refractivity contribution >= 4 is 17.7 Å². The van der Waals surface area contributed by atoms with Crippen LogP contribution < -0.4 is 0 Å². The van der Waals surface area contributed by atoms with Gasteiger partial charge in [0.25, 0.3) is 0 Å². The number of rotatable bonds is 4. The Labute approximate surface area is 189 Å². The second-order valence-corrected chi connectivity index (χ2v) is 10.8. The largest absolute Gasteiger partial charge is 0.472 e. The van der Waals surface area contributed by atoms with E-state index in [9.17, 15) is 14.4 Å². The highest BCUT2D eigenvalue weighted by Crippen LogP contribution is 2.57. The van der Waals surface area contributed by atoms with Crippen molar-refractivity contribution in [2.75, 3.05) is 0 Å². The van der Waals surface area contributed by atoms with Gasteiger partial charge in [0.15, 0.2) is 17.5 Å². The van der Waals surface area contributed by atoms with Crippen molar-refractivity contribution in [3.8, 4) is 0 Å². The van der Waals surface area contributed by atoms with Crippen LogP contribution in [0.4, 0.5) is 0 Å². The van der Waals surface area contributed by atoms with Crippen LogP contribution in [0.25, 0.3) is 0 Å². The highest BCUT2D eigenvalue weighted by atomic mass is 16.7. The minimum atomic E-state index is -0.970. The van der Waals surface area contributed by atoms with Crippen molar-refractivity contribution in [1.82, 2.24) is 0 Å². The lowest BCUT2D eigenvalue weighted by atomic mass is 9.68. The van der Waals surface area contributed by atoms with E-state index in [0.717, 1.165) is 5.56 Å². The molecule has 1 spiro atoms. The van der Waals surface area contributed by atoms with Gasteiger partial charge in [0.2, 0.25) is 0 Å². The third-order valence-electron chi connectivity index (χ3n) is 7.37. The lowest BCUT2D eigenvalue weighted by molar-refractivity contribution is -0.172. The van der Waals surface area contributed by atoms with E-state index in [4.69, 9.17) is 18.6 Å². The molecule has 6 unspecified atom stereocenters. The third-order valence-corrected chi connectivity index (χ3v) is 7.37. The van der Waals surface area contributed by atoms with Crippen LogP contribution in [0.1, 0.15) is 78.4 Å². The van der Waals surface area contributed by atoms with E-state index < -0.39 is 23.2 Å². The van der Waals surface area contributed by atoms with Gasteiger partial charge in [0.1, 0.15) is 6.10 Å². The van der Waals surface area contributed by atoms with Crippen molar-refractivity contribution < 1.29 is 33.0 Å². The molecule has 2 saturated heterocycles. The molecule has 0 bridgehead atoms. The Bertz CT molecular complexity index is 871. The fourth-order valence-corrected chi connectivity index (χ4v) is 5.43. The van der Waals surface area contributed by atoms with Crippen molar-refractivity contribution in [2.24, 2.45) is 23.2 Å². The Balaban J connectivity index is 1.62. The maximum atomic E-state index is 13.4. The Morgan fingerprint density at radius 1 is 1.25 bits per heavy atom. The number of ether oxygens (including phenoxy) is 3. The number of Topliss-reactive ketones (excluding diaryl/α,β-unsaturated/α-hetero) is 1. The summed E-state index contributed by atoms with van der Waals surface area (Å²) in [6, 6.07) is 1.80. The summed E-state index contributed by atoms with van der Waals surface area (Å²) in [5.74, 6) is -0.830. The lowest BCUT2D eigenvalue weighted by Gasteiger charge is -2.39. The smallest absolute Gasteiger partial charge is 0.342 e. The summed E-state index contributed by atoms with van der Waals surface area (Å²) < 4.78 is 22.8. The molecule has 0 amide bonds. The van der Waals surface area contributed by atoms with E-state index in [1.165, 1.54) is 0 Å². The molecule has 32 heavy (non-hydrogen) atoms. The minimum absolute atomic E-state index is 0.0561. The lowest BCUT2D eigenvalue weighted by Crippen LogP contribution is -2.49. The predicted octanol–water partition coefficient (Wildman–Crippen LogP) is 4.39. The van der Waals surface area contributed by atoms with Gasteiger partial charge in [-0.25, -0.2) is 4.79 Å². The fourth-order valence-electron chi connectivity index (χ4n) is 5.43. The number of carbonyl (C=O) groups excluding carboxylic acids is 3. The Kier molecular flexibility index (Phi) is 5.99. The number of esters is 2. The van der Waals surface area contributed by atoms with Gasteiger partial charge in [-0.15, -0.1) is 0 Å². The van der Waals surface area contributed by atoms with Gasteiger partial charge in [-0.05, 0) is 43.6 Å². The summed E-state index contributed by atoms with van der Waals surface area (Å²) in [6.07, 6.45) is 4.00. The van der Waals surface area contributed by atoms with Crippen LogP contribution in [0.15, 0.2) is 23.0 Å². The number of cyclic esters (lactones) is 1. The normalized spacial score (nSPS) is 36.6. The number of ketones is 1. The first-order valence-corrected chi connectivity index (χ1v) is 11.7. The number of furan rings is 1. The molecule has 1 saturated carbocycles. The first-order valence-electron chi connectivity index (χ1n) is 11.7. The summed E-state index contributed by atoms with van der Waals surface area (Å²) in [7, 11) is 0. The highest BCUT2D eigenvalue weighted by Gasteiger charge is 2.71. The van der Waals surface area contributed by atoms with E-state index in [2.05, 4.69) is 0 Å². The first kappa shape index (κ1) is 23.0. The molecule has 0 N–H and O–H groups in total. The summed E-state index contributed by atoms with van der Waals surface area (Å²) >= 11 is 0. The van der Waals surface area contributed by atoms with E-state index in [1.807, 2.05) is 34.6 Å². The first-order chi connectivity index (χ1) is 15.0. The fraction of sp³-hybridized carbons (Fsp3) is 0.720. The summed E-state index contributed by atoms with van der Waals surface area (Å²) in [5.41, 5.74) is -0.838. The Hall–Kier alpha value is -2.15. The van der Waals surface area contributed by atoms with Gasteiger partial charge < -0.3 is 18.6 Å². The average Bonchev–Trinajstić information content (AvgIpc) is 3.15. The molecule has 0 aromatic carbocycles. The summed E-state index contributed by atoms with van der Waals surface area (Å²) in [4.78, 5) is 39.1. The van der Waals surface area contributed by atoms with Crippen LogP contribution in [-0.2, 0) is 28.6 Å². The molecule has 1 aromatic heterocycles. The minimum Gasteiger partial charge on any atom is -0.472 e. The third kappa shape index (κ3) is 4.12. The van der Waals surface area contributed by atoms with Crippen LogP contribution >= 0.6 is 0 Å². The topological polar surface area (TPSA) is 95.3 Å². The molecule has 4 rings (SSSR count). The number of hydrogen-bond acceptors (Lipinski definition) is 7. The van der Waals surface area contributed by atoms with Crippen molar-refractivity contribution in [3.05, 3.63) is 24.2 Å². The Morgan fingerprint density at radius 3 is 2.66 bits per heavy atom.